The van der Waals surface area contributed by atoms with Crippen LogP contribution in [0.3, 0.4) is 0 Å². The summed E-state index contributed by atoms with van der Waals surface area (Å²) in [7, 11) is 0. The van der Waals surface area contributed by atoms with Crippen LogP contribution in [0, 0.1) is 6.92 Å². The van der Waals surface area contributed by atoms with E-state index in [0.29, 0.717) is 15.4 Å². The summed E-state index contributed by atoms with van der Waals surface area (Å²) in [4.78, 5) is 162. The third-order valence-corrected chi connectivity index (χ3v) is 18.7. The molecule has 6 amide bonds. The predicted molar refractivity (Wildman–Crippen MR) is 346 cm³/mol. The SMILES string of the molecule is CC(=O)OC[C@H]1O[C@@H](O[C@H]2[C@H](OC(C)=O)[C@@H](N3C(=O)c4ccccc4C3=O)[C@H](O[C@H]3[C@H](OC(C)=O)[C@@H](N4C(=O)c5ccccc5C4=O)[C@H](Sc4ccc(C)cc4)O[C@@H]3COCc3ccccc3)O[C@@H]2COCc2ccccc2)[C@H](N2C(=O)c3ccccc3C2=O)[C@@H](OC(C)=O)[C@@H]1OC(C)=O. The number of hydrogen-bond acceptors (Lipinski definition) is 24. The average molecular weight is 1390 g/mol. The Bertz CT molecular complexity index is 4030. The Labute approximate surface area is 577 Å². The highest BCUT2D eigenvalue weighted by molar-refractivity contribution is 7.99. The second-order valence-electron chi connectivity index (χ2n) is 24.4. The standard InChI is InChI=1S/C73H69N3O23S/c1-38-29-31-46(32-30-38)100-73-58(76-69(86)51-27-17-18-28-52(51)70(76)87)64(94-43(6)81)61(54(97-73)36-89-34-45-21-11-8-12-22-45)99-71-57(75-67(84)49-25-15-16-26-50(49)68(75)85)63(93-42(5)80)60(53(95-71)35-88-33-44-19-9-7-10-20-44)98-72-56(74-65(82)47-23-13-14-24-48(47)66(74)83)62(92-41(4)79)59(91-40(3)78)55(96-72)37-90-39(2)77/h7-32,53-64,71-73H,33-37H2,1-6H3/t53-,54-,55-,56-,57-,58-,59-,60-,61-,62-,63-,64-,71+,72+,73+/m1/s1. The van der Waals surface area contributed by atoms with E-state index < -0.39 is 176 Å². The van der Waals surface area contributed by atoms with E-state index in [-0.39, 0.29) is 46.6 Å². The Kier molecular flexibility index (Phi) is 21.2. The van der Waals surface area contributed by atoms with Gasteiger partial charge in [0.15, 0.2) is 37.0 Å². The van der Waals surface area contributed by atoms with Crippen LogP contribution >= 0.6 is 11.8 Å². The molecule has 3 fully saturated rings. The lowest BCUT2D eigenvalue weighted by Crippen LogP contribution is -2.72. The molecule has 6 aliphatic heterocycles. The van der Waals surface area contributed by atoms with Crippen molar-refractivity contribution in [2.24, 2.45) is 0 Å². The molecule has 0 aromatic heterocycles. The first-order chi connectivity index (χ1) is 48.1. The molecule has 0 N–H and O–H groups in total. The molecule has 27 heteroatoms. The van der Waals surface area contributed by atoms with Gasteiger partial charge in [-0.15, -0.1) is 0 Å². The quantitative estimate of drug-likeness (QED) is 0.0364. The number of carbonyl (C=O) groups excluding carboxylic acids is 11. The first kappa shape index (κ1) is 70.0. The number of benzene rings is 6. The highest BCUT2D eigenvalue weighted by atomic mass is 32.2. The molecule has 0 unspecified atom stereocenters. The van der Waals surface area contributed by atoms with Crippen LogP contribution in [0.15, 0.2) is 163 Å². The van der Waals surface area contributed by atoms with Gasteiger partial charge in [0.05, 0.1) is 59.8 Å². The van der Waals surface area contributed by atoms with Crippen LogP contribution in [0.25, 0.3) is 0 Å². The number of carbonyl (C=O) groups is 11. The van der Waals surface area contributed by atoms with Gasteiger partial charge in [0.25, 0.3) is 35.4 Å². The molecular weight excluding hydrogens is 1320 g/mol. The van der Waals surface area contributed by atoms with E-state index in [2.05, 4.69) is 0 Å². The molecule has 0 radical (unpaired) electrons. The van der Waals surface area contributed by atoms with Crippen LogP contribution in [0.5, 0.6) is 0 Å². The summed E-state index contributed by atoms with van der Waals surface area (Å²) in [6, 6.07) is 37.2. The molecule has 12 rings (SSSR count). The molecular formula is C73H69N3O23S. The summed E-state index contributed by atoms with van der Waals surface area (Å²) in [5.74, 6) is -10.3. The normalized spacial score (nSPS) is 26.9. The number of nitrogens with zero attached hydrogens (tertiary/aromatic N) is 3. The van der Waals surface area contributed by atoms with Crippen molar-refractivity contribution in [2.45, 2.75) is 151 Å². The van der Waals surface area contributed by atoms with Gasteiger partial charge < -0.3 is 56.8 Å². The summed E-state index contributed by atoms with van der Waals surface area (Å²) >= 11 is 1.10. The summed E-state index contributed by atoms with van der Waals surface area (Å²) in [5.41, 5.74) is 0.566. The second-order valence-corrected chi connectivity index (χ2v) is 25.6. The molecule has 100 heavy (non-hydrogen) atoms. The maximum Gasteiger partial charge on any atom is 0.303 e. The zero-order valence-corrected chi connectivity index (χ0v) is 55.7. The van der Waals surface area contributed by atoms with Gasteiger partial charge in [0, 0.05) is 39.5 Å². The third kappa shape index (κ3) is 14.6. The smallest absolute Gasteiger partial charge is 0.303 e. The second kappa shape index (κ2) is 30.3. The molecule has 6 heterocycles. The summed E-state index contributed by atoms with van der Waals surface area (Å²) < 4.78 is 78.4. The minimum atomic E-state index is -2.16. The number of rotatable bonds is 23. The fourth-order valence-corrected chi connectivity index (χ4v) is 14.5. The molecule has 15 atom stereocenters. The maximum absolute atomic E-state index is 15.5. The van der Waals surface area contributed by atoms with E-state index in [1.807, 2.05) is 37.3 Å². The first-order valence-electron chi connectivity index (χ1n) is 32.1. The lowest BCUT2D eigenvalue weighted by molar-refractivity contribution is -0.355. The first-order valence-corrected chi connectivity index (χ1v) is 33.0. The number of hydrogen-bond donors (Lipinski definition) is 0. The van der Waals surface area contributed by atoms with Gasteiger partial charge >= 0.3 is 29.8 Å². The van der Waals surface area contributed by atoms with Gasteiger partial charge in [-0.3, -0.25) is 67.4 Å². The van der Waals surface area contributed by atoms with Gasteiger partial charge in [-0.1, -0.05) is 127 Å². The lowest BCUT2D eigenvalue weighted by Gasteiger charge is -2.53. The minimum Gasteiger partial charge on any atom is -0.463 e. The average Bonchev–Trinajstić information content (AvgIpc) is 1.45. The molecule has 0 aliphatic carbocycles. The highest BCUT2D eigenvalue weighted by Crippen LogP contribution is 2.45. The van der Waals surface area contributed by atoms with Gasteiger partial charge in [0.2, 0.25) is 0 Å². The van der Waals surface area contributed by atoms with Crippen LogP contribution in [-0.2, 0) is 94.0 Å². The molecule has 26 nitrogen and oxygen atoms in total. The van der Waals surface area contributed by atoms with Crippen LogP contribution < -0.4 is 0 Å². The maximum atomic E-state index is 15.5. The van der Waals surface area contributed by atoms with E-state index in [0.717, 1.165) is 67.3 Å². The van der Waals surface area contributed by atoms with E-state index >= 15 is 19.2 Å². The van der Waals surface area contributed by atoms with Crippen molar-refractivity contribution in [3.05, 3.63) is 208 Å². The molecule has 6 aromatic rings. The van der Waals surface area contributed by atoms with Crippen molar-refractivity contribution in [1.82, 2.24) is 14.7 Å². The third-order valence-electron chi connectivity index (χ3n) is 17.5. The molecule has 520 valence electrons. The molecule has 0 spiro atoms. The van der Waals surface area contributed by atoms with Gasteiger partial charge in [0.1, 0.15) is 60.7 Å². The van der Waals surface area contributed by atoms with Crippen molar-refractivity contribution in [1.29, 1.82) is 0 Å². The van der Waals surface area contributed by atoms with Gasteiger partial charge in [-0.05, 0) is 66.6 Å². The number of imide groups is 3. The topological polar surface area (TPSA) is 308 Å². The number of amides is 6. The number of fused-ring (bicyclic) bond motifs is 3. The number of esters is 5. The van der Waals surface area contributed by atoms with Crippen LogP contribution in [0.1, 0.15) is 113 Å². The van der Waals surface area contributed by atoms with Gasteiger partial charge in [-0.2, -0.15) is 0 Å². The molecule has 0 bridgehead atoms. The Hall–Kier alpha value is -9.84. The predicted octanol–water partition coefficient (Wildman–Crippen LogP) is 6.75. The Morgan fingerprint density at radius 2 is 0.690 bits per heavy atom. The van der Waals surface area contributed by atoms with Crippen molar-refractivity contribution >= 4 is 77.1 Å². The van der Waals surface area contributed by atoms with Crippen molar-refractivity contribution < 1.29 is 110 Å². The van der Waals surface area contributed by atoms with E-state index in [4.69, 9.17) is 56.8 Å². The van der Waals surface area contributed by atoms with Crippen molar-refractivity contribution in [2.75, 3.05) is 19.8 Å². The minimum absolute atomic E-state index is 0.0260. The largest absolute Gasteiger partial charge is 0.463 e. The molecule has 0 saturated carbocycles. The zero-order valence-electron chi connectivity index (χ0n) is 54.8. The van der Waals surface area contributed by atoms with E-state index in [9.17, 15) is 33.6 Å². The lowest BCUT2D eigenvalue weighted by atomic mass is 9.92. The molecule has 6 aliphatic rings. The van der Waals surface area contributed by atoms with Crippen LogP contribution in [-0.4, -0.2) is 191 Å². The fraction of sp³-hybridized carbons (Fsp3) is 0.356. The Morgan fingerprint density at radius 1 is 0.370 bits per heavy atom. The van der Waals surface area contributed by atoms with Crippen molar-refractivity contribution in [3.63, 3.8) is 0 Å². The van der Waals surface area contributed by atoms with Crippen molar-refractivity contribution in [3.8, 4) is 0 Å². The van der Waals surface area contributed by atoms with Gasteiger partial charge in [-0.25, -0.2) is 0 Å². The van der Waals surface area contributed by atoms with Crippen LogP contribution in [0.2, 0.25) is 0 Å². The monoisotopic (exact) mass is 1390 g/mol. The highest BCUT2D eigenvalue weighted by Gasteiger charge is 2.64. The number of thioether (sulfide) groups is 1. The Morgan fingerprint density at radius 3 is 1.06 bits per heavy atom. The van der Waals surface area contributed by atoms with E-state index in [1.165, 1.54) is 60.7 Å². The number of aryl methyl sites for hydroxylation is 1. The zero-order chi connectivity index (χ0) is 70.6. The fourth-order valence-electron chi connectivity index (χ4n) is 13.3. The summed E-state index contributed by atoms with van der Waals surface area (Å²) in [6.45, 7) is 5.20. The summed E-state index contributed by atoms with van der Waals surface area (Å²) in [6.07, 6.45) is -20.4. The summed E-state index contributed by atoms with van der Waals surface area (Å²) in [5, 5.41) is 0. The molecule has 3 saturated heterocycles. The Balaban J connectivity index is 1.04. The number of ether oxygens (including phenoxy) is 12. The van der Waals surface area contributed by atoms with E-state index in [1.54, 1.807) is 66.7 Å². The van der Waals surface area contributed by atoms with Crippen LogP contribution in [0.4, 0.5) is 0 Å². The molecule has 6 aromatic carbocycles.